The van der Waals surface area contributed by atoms with E-state index in [0.29, 0.717) is 18.7 Å². The molecule has 2 nitrogen and oxygen atoms in total. The molecule has 0 aliphatic rings. The molecule has 0 heterocycles. The molecule has 0 amide bonds. The van der Waals surface area contributed by atoms with E-state index in [1.165, 1.54) is 18.2 Å². The van der Waals surface area contributed by atoms with Crippen LogP contribution in [0.2, 0.25) is 0 Å². The molecule has 0 saturated heterocycles. The van der Waals surface area contributed by atoms with Gasteiger partial charge < -0.3 is 10.5 Å². The molecule has 2 N–H and O–H groups in total. The minimum absolute atomic E-state index is 0.0648. The minimum atomic E-state index is -0.601. The van der Waals surface area contributed by atoms with Gasteiger partial charge in [-0.2, -0.15) is 0 Å². The predicted molar refractivity (Wildman–Crippen MR) is 69.9 cm³/mol. The summed E-state index contributed by atoms with van der Waals surface area (Å²) in [6, 6.07) is 11.1. The monoisotopic (exact) mass is 263 g/mol. The largest absolute Gasteiger partial charge is 0.488 e. The van der Waals surface area contributed by atoms with Crippen molar-refractivity contribution in [3.63, 3.8) is 0 Å². The highest BCUT2D eigenvalue weighted by Gasteiger charge is 2.10. The topological polar surface area (TPSA) is 35.2 Å². The lowest BCUT2D eigenvalue weighted by molar-refractivity contribution is 0.289. The average molecular weight is 263 g/mol. The predicted octanol–water partition coefficient (Wildman–Crippen LogP) is 3.05. The van der Waals surface area contributed by atoms with Gasteiger partial charge >= 0.3 is 0 Å². The molecule has 2 aromatic carbocycles. The maximum absolute atomic E-state index is 13.5. The van der Waals surface area contributed by atoms with Gasteiger partial charge in [-0.1, -0.05) is 24.3 Å². The van der Waals surface area contributed by atoms with Crippen molar-refractivity contribution in [2.24, 2.45) is 5.73 Å². The first kappa shape index (κ1) is 13.5. The molecule has 0 aliphatic carbocycles. The number of nitrogens with two attached hydrogens (primary N) is 1. The molecule has 19 heavy (non-hydrogen) atoms. The normalized spacial score (nSPS) is 10.5. The van der Waals surface area contributed by atoms with Crippen LogP contribution in [0.5, 0.6) is 5.75 Å². The number of hydrogen-bond donors (Lipinski definition) is 1. The Morgan fingerprint density at radius 1 is 0.947 bits per heavy atom. The number of ether oxygens (including phenoxy) is 1. The van der Waals surface area contributed by atoms with Crippen LogP contribution in [0, 0.1) is 11.6 Å². The molecule has 0 unspecified atom stereocenters. The van der Waals surface area contributed by atoms with Crippen LogP contribution < -0.4 is 10.5 Å². The lowest BCUT2D eigenvalue weighted by Gasteiger charge is -2.11. The van der Waals surface area contributed by atoms with Gasteiger partial charge in [-0.25, -0.2) is 8.78 Å². The summed E-state index contributed by atoms with van der Waals surface area (Å²) in [7, 11) is 0. The SMILES string of the molecule is NCCc1ccccc1OCc1c(F)cccc1F. The summed E-state index contributed by atoms with van der Waals surface area (Å²) in [6.07, 6.45) is 0.663. The van der Waals surface area contributed by atoms with Crippen molar-refractivity contribution >= 4 is 0 Å². The molecule has 0 aliphatic heterocycles. The third-order valence-electron chi connectivity index (χ3n) is 2.82. The summed E-state index contributed by atoms with van der Waals surface area (Å²) in [5, 5.41) is 0. The molecule has 0 aromatic heterocycles. The average Bonchev–Trinajstić information content (AvgIpc) is 2.40. The van der Waals surface area contributed by atoms with E-state index in [1.54, 1.807) is 6.07 Å². The molecule has 2 aromatic rings. The third kappa shape index (κ3) is 3.29. The van der Waals surface area contributed by atoms with E-state index >= 15 is 0 Å². The highest BCUT2D eigenvalue weighted by molar-refractivity contribution is 5.34. The van der Waals surface area contributed by atoms with Gasteiger partial charge in [0, 0.05) is 0 Å². The smallest absolute Gasteiger partial charge is 0.132 e. The van der Waals surface area contributed by atoms with E-state index in [2.05, 4.69) is 0 Å². The van der Waals surface area contributed by atoms with Crippen LogP contribution >= 0.6 is 0 Å². The van der Waals surface area contributed by atoms with Gasteiger partial charge in [-0.15, -0.1) is 0 Å². The Labute approximate surface area is 110 Å². The molecule has 0 bridgehead atoms. The number of para-hydroxylation sites is 1. The fraction of sp³-hybridized carbons (Fsp3) is 0.200. The molecular weight excluding hydrogens is 248 g/mol. The van der Waals surface area contributed by atoms with Crippen molar-refractivity contribution in [1.82, 2.24) is 0 Å². The van der Waals surface area contributed by atoms with Crippen molar-refractivity contribution in [2.45, 2.75) is 13.0 Å². The van der Waals surface area contributed by atoms with Gasteiger partial charge in [0.2, 0.25) is 0 Å². The lowest BCUT2D eigenvalue weighted by Crippen LogP contribution is -2.06. The number of benzene rings is 2. The van der Waals surface area contributed by atoms with Gasteiger partial charge in [0.05, 0.1) is 5.56 Å². The summed E-state index contributed by atoms with van der Waals surface area (Å²) in [6.45, 7) is 0.356. The van der Waals surface area contributed by atoms with Crippen molar-refractivity contribution in [3.05, 3.63) is 65.2 Å². The highest BCUT2D eigenvalue weighted by Crippen LogP contribution is 2.21. The summed E-state index contributed by atoms with van der Waals surface area (Å²) < 4.78 is 32.4. The molecule has 4 heteroatoms. The molecule has 0 atom stereocenters. The van der Waals surface area contributed by atoms with Gasteiger partial charge in [0.1, 0.15) is 24.0 Å². The quantitative estimate of drug-likeness (QED) is 0.899. The van der Waals surface area contributed by atoms with Gasteiger partial charge in [0.25, 0.3) is 0 Å². The van der Waals surface area contributed by atoms with Crippen LogP contribution in [0.4, 0.5) is 8.78 Å². The molecule has 100 valence electrons. The second kappa shape index (κ2) is 6.29. The maximum Gasteiger partial charge on any atom is 0.132 e. The number of halogens is 2. The molecular formula is C15H15F2NO. The fourth-order valence-electron chi connectivity index (χ4n) is 1.83. The van der Waals surface area contributed by atoms with E-state index in [1.807, 2.05) is 18.2 Å². The van der Waals surface area contributed by atoms with Crippen molar-refractivity contribution in [1.29, 1.82) is 0 Å². The third-order valence-corrected chi connectivity index (χ3v) is 2.82. The molecule has 0 spiro atoms. The summed E-state index contributed by atoms with van der Waals surface area (Å²) >= 11 is 0. The first-order valence-corrected chi connectivity index (χ1v) is 6.06. The summed E-state index contributed by atoms with van der Waals surface area (Å²) in [4.78, 5) is 0. The Morgan fingerprint density at radius 2 is 1.63 bits per heavy atom. The number of rotatable bonds is 5. The zero-order chi connectivity index (χ0) is 13.7. The van der Waals surface area contributed by atoms with E-state index in [4.69, 9.17) is 10.5 Å². The van der Waals surface area contributed by atoms with Crippen molar-refractivity contribution in [3.8, 4) is 5.75 Å². The van der Waals surface area contributed by atoms with Crippen molar-refractivity contribution in [2.75, 3.05) is 6.54 Å². The Hall–Kier alpha value is -1.94. The van der Waals surface area contributed by atoms with Crippen molar-refractivity contribution < 1.29 is 13.5 Å². The van der Waals surface area contributed by atoms with E-state index in [-0.39, 0.29) is 12.2 Å². The van der Waals surface area contributed by atoms with Crippen LogP contribution in [-0.2, 0) is 13.0 Å². The van der Waals surface area contributed by atoms with Crippen LogP contribution in [0.3, 0.4) is 0 Å². The zero-order valence-corrected chi connectivity index (χ0v) is 10.4. The van der Waals surface area contributed by atoms with Crippen LogP contribution in [0.15, 0.2) is 42.5 Å². The Morgan fingerprint density at radius 3 is 2.32 bits per heavy atom. The van der Waals surface area contributed by atoms with E-state index in [9.17, 15) is 8.78 Å². The van der Waals surface area contributed by atoms with E-state index < -0.39 is 11.6 Å². The Balaban J connectivity index is 2.15. The molecule has 0 saturated carbocycles. The van der Waals surface area contributed by atoms with Gasteiger partial charge in [-0.05, 0) is 36.7 Å². The summed E-state index contributed by atoms with van der Waals surface area (Å²) in [5.74, 6) is -0.594. The Bertz CT molecular complexity index is 537. The first-order chi connectivity index (χ1) is 9.22. The maximum atomic E-state index is 13.5. The van der Waals surface area contributed by atoms with Gasteiger partial charge in [-0.3, -0.25) is 0 Å². The van der Waals surface area contributed by atoms with E-state index in [0.717, 1.165) is 5.56 Å². The van der Waals surface area contributed by atoms with Crippen LogP contribution in [-0.4, -0.2) is 6.54 Å². The lowest BCUT2D eigenvalue weighted by atomic mass is 10.1. The highest BCUT2D eigenvalue weighted by atomic mass is 19.1. The molecule has 2 rings (SSSR count). The number of hydrogen-bond acceptors (Lipinski definition) is 2. The minimum Gasteiger partial charge on any atom is -0.488 e. The second-order valence-corrected chi connectivity index (χ2v) is 4.14. The van der Waals surface area contributed by atoms with Crippen LogP contribution in [0.25, 0.3) is 0 Å². The molecule has 0 fully saturated rings. The van der Waals surface area contributed by atoms with Crippen LogP contribution in [0.1, 0.15) is 11.1 Å². The second-order valence-electron chi connectivity index (χ2n) is 4.14. The Kier molecular flexibility index (Phi) is 4.47. The summed E-state index contributed by atoms with van der Waals surface area (Å²) in [5.41, 5.74) is 6.38. The first-order valence-electron chi connectivity index (χ1n) is 6.06. The molecule has 0 radical (unpaired) electrons. The zero-order valence-electron chi connectivity index (χ0n) is 10.4. The fourth-order valence-corrected chi connectivity index (χ4v) is 1.83. The van der Waals surface area contributed by atoms with Gasteiger partial charge in [0.15, 0.2) is 0 Å². The standard InChI is InChI=1S/C15H15F2NO/c16-13-5-3-6-14(17)12(13)10-19-15-7-2-1-4-11(15)8-9-18/h1-7H,8-10,18H2.